The van der Waals surface area contributed by atoms with Crippen LogP contribution in [0.4, 0.5) is 0 Å². The maximum absolute atomic E-state index is 11.0. The van der Waals surface area contributed by atoms with Gasteiger partial charge >= 0.3 is 5.97 Å². The van der Waals surface area contributed by atoms with Gasteiger partial charge in [-0.2, -0.15) is 5.26 Å². The van der Waals surface area contributed by atoms with Crippen LogP contribution < -0.4 is 0 Å². The SMILES string of the molecule is CCCC(=CC#N)CC(=O)OCC. The van der Waals surface area contributed by atoms with E-state index in [0.29, 0.717) is 6.61 Å². The number of rotatable bonds is 5. The topological polar surface area (TPSA) is 50.1 Å². The Labute approximate surface area is 79.0 Å². The van der Waals surface area contributed by atoms with Crippen LogP contribution in [-0.2, 0) is 9.53 Å². The highest BCUT2D eigenvalue weighted by atomic mass is 16.5. The number of nitrogens with zero attached hydrogens (tertiary/aromatic N) is 1. The van der Waals surface area contributed by atoms with Crippen LogP contribution in [0.15, 0.2) is 11.6 Å². The maximum atomic E-state index is 11.0. The number of nitriles is 1. The van der Waals surface area contributed by atoms with E-state index >= 15 is 0 Å². The van der Waals surface area contributed by atoms with Gasteiger partial charge in [0.25, 0.3) is 0 Å². The fraction of sp³-hybridized carbons (Fsp3) is 0.600. The lowest BCUT2D eigenvalue weighted by Gasteiger charge is -2.03. The quantitative estimate of drug-likeness (QED) is 0.482. The van der Waals surface area contributed by atoms with Gasteiger partial charge in [-0.1, -0.05) is 13.3 Å². The Morgan fingerprint density at radius 2 is 2.23 bits per heavy atom. The molecule has 0 N–H and O–H groups in total. The molecule has 0 fully saturated rings. The monoisotopic (exact) mass is 181 g/mol. The molecule has 0 aromatic heterocycles. The van der Waals surface area contributed by atoms with Crippen LogP contribution in [0.5, 0.6) is 0 Å². The Morgan fingerprint density at radius 3 is 2.69 bits per heavy atom. The molecule has 0 amide bonds. The molecule has 0 aliphatic rings. The summed E-state index contributed by atoms with van der Waals surface area (Å²) in [6.07, 6.45) is 3.40. The minimum absolute atomic E-state index is 0.245. The van der Waals surface area contributed by atoms with Crippen LogP contribution >= 0.6 is 0 Å². The van der Waals surface area contributed by atoms with Crippen LogP contribution in [0, 0.1) is 11.3 Å². The first-order valence-corrected chi connectivity index (χ1v) is 4.47. The van der Waals surface area contributed by atoms with Gasteiger partial charge in [0.2, 0.25) is 0 Å². The van der Waals surface area contributed by atoms with Crippen molar-refractivity contribution in [2.24, 2.45) is 0 Å². The second-order valence-corrected chi connectivity index (χ2v) is 2.66. The minimum Gasteiger partial charge on any atom is -0.466 e. The number of hydrogen-bond donors (Lipinski definition) is 0. The lowest BCUT2D eigenvalue weighted by molar-refractivity contribution is -0.142. The molecule has 0 aliphatic carbocycles. The third kappa shape index (κ3) is 5.92. The molecule has 0 radical (unpaired) electrons. The van der Waals surface area contributed by atoms with Crippen molar-refractivity contribution in [3.8, 4) is 6.07 Å². The van der Waals surface area contributed by atoms with Crippen molar-refractivity contribution in [2.75, 3.05) is 6.61 Å². The first-order chi connectivity index (χ1) is 6.24. The summed E-state index contributed by atoms with van der Waals surface area (Å²) in [5.41, 5.74) is 0.850. The molecular weight excluding hydrogens is 166 g/mol. The van der Waals surface area contributed by atoms with Crippen molar-refractivity contribution in [1.82, 2.24) is 0 Å². The van der Waals surface area contributed by atoms with E-state index in [1.54, 1.807) is 6.92 Å². The predicted molar refractivity (Wildman–Crippen MR) is 49.9 cm³/mol. The summed E-state index contributed by atoms with van der Waals surface area (Å²) in [5.74, 6) is -0.252. The summed E-state index contributed by atoms with van der Waals surface area (Å²) >= 11 is 0. The molecule has 0 aliphatic heterocycles. The largest absolute Gasteiger partial charge is 0.466 e. The van der Waals surface area contributed by atoms with Gasteiger partial charge in [-0.25, -0.2) is 0 Å². The Bertz CT molecular complexity index is 226. The molecule has 0 heterocycles. The molecule has 0 aromatic carbocycles. The van der Waals surface area contributed by atoms with Gasteiger partial charge in [0.1, 0.15) is 0 Å². The predicted octanol–water partition coefficient (Wildman–Crippen LogP) is 2.19. The van der Waals surface area contributed by atoms with Gasteiger partial charge in [0, 0.05) is 6.08 Å². The third-order valence-corrected chi connectivity index (χ3v) is 1.52. The number of ether oxygens (including phenoxy) is 1. The zero-order chi connectivity index (χ0) is 10.1. The first kappa shape index (κ1) is 11.7. The van der Waals surface area contributed by atoms with Crippen LogP contribution in [0.1, 0.15) is 33.1 Å². The summed E-state index contributed by atoms with van der Waals surface area (Å²) in [5, 5.41) is 8.43. The molecule has 72 valence electrons. The van der Waals surface area contributed by atoms with E-state index < -0.39 is 0 Å². The summed E-state index contributed by atoms with van der Waals surface area (Å²) in [6.45, 7) is 4.17. The average Bonchev–Trinajstić information content (AvgIpc) is 2.05. The van der Waals surface area contributed by atoms with Crippen molar-refractivity contribution in [1.29, 1.82) is 5.26 Å². The highest BCUT2D eigenvalue weighted by Crippen LogP contribution is 2.09. The van der Waals surface area contributed by atoms with Gasteiger partial charge < -0.3 is 4.74 Å². The van der Waals surface area contributed by atoms with E-state index in [1.165, 1.54) is 6.08 Å². The van der Waals surface area contributed by atoms with E-state index in [9.17, 15) is 4.79 Å². The van der Waals surface area contributed by atoms with Gasteiger partial charge in [0.15, 0.2) is 0 Å². The third-order valence-electron chi connectivity index (χ3n) is 1.52. The fourth-order valence-electron chi connectivity index (χ4n) is 1.02. The summed E-state index contributed by atoms with van der Waals surface area (Å²) in [6, 6.07) is 1.93. The number of carbonyl (C=O) groups excluding carboxylic acids is 1. The summed E-state index contributed by atoms with van der Waals surface area (Å²) in [7, 11) is 0. The van der Waals surface area contributed by atoms with E-state index in [4.69, 9.17) is 10.00 Å². The fourth-order valence-corrected chi connectivity index (χ4v) is 1.02. The molecule has 3 nitrogen and oxygen atoms in total. The Hall–Kier alpha value is -1.30. The van der Waals surface area contributed by atoms with Crippen molar-refractivity contribution in [3.63, 3.8) is 0 Å². The molecule has 0 rings (SSSR count). The van der Waals surface area contributed by atoms with Gasteiger partial charge in [-0.05, 0) is 18.9 Å². The number of allylic oxidation sites excluding steroid dienone is 1. The molecule has 0 saturated carbocycles. The molecular formula is C10H15NO2. The minimum atomic E-state index is -0.252. The van der Waals surface area contributed by atoms with E-state index in [1.807, 2.05) is 13.0 Å². The Morgan fingerprint density at radius 1 is 1.54 bits per heavy atom. The van der Waals surface area contributed by atoms with Gasteiger partial charge in [-0.15, -0.1) is 0 Å². The molecule has 0 atom stereocenters. The van der Waals surface area contributed by atoms with Crippen molar-refractivity contribution in [2.45, 2.75) is 33.1 Å². The Kier molecular flexibility index (Phi) is 6.62. The first-order valence-electron chi connectivity index (χ1n) is 4.47. The zero-order valence-corrected chi connectivity index (χ0v) is 8.17. The summed E-state index contributed by atoms with van der Waals surface area (Å²) in [4.78, 5) is 11.0. The van der Waals surface area contributed by atoms with Crippen molar-refractivity contribution >= 4 is 5.97 Å². The van der Waals surface area contributed by atoms with Crippen LogP contribution in [0.3, 0.4) is 0 Å². The van der Waals surface area contributed by atoms with E-state index in [-0.39, 0.29) is 12.4 Å². The highest BCUT2D eigenvalue weighted by molar-refractivity contribution is 5.72. The van der Waals surface area contributed by atoms with E-state index in [2.05, 4.69) is 0 Å². The van der Waals surface area contributed by atoms with Crippen LogP contribution in [-0.4, -0.2) is 12.6 Å². The normalized spacial score (nSPS) is 10.7. The van der Waals surface area contributed by atoms with Crippen LogP contribution in [0.25, 0.3) is 0 Å². The smallest absolute Gasteiger partial charge is 0.309 e. The maximum Gasteiger partial charge on any atom is 0.309 e. The number of esters is 1. The van der Waals surface area contributed by atoms with Crippen LogP contribution in [0.2, 0.25) is 0 Å². The van der Waals surface area contributed by atoms with E-state index in [0.717, 1.165) is 18.4 Å². The average molecular weight is 181 g/mol. The molecule has 0 aromatic rings. The molecule has 3 heteroatoms. The molecule has 0 saturated heterocycles. The number of hydrogen-bond acceptors (Lipinski definition) is 3. The Balaban J connectivity index is 4.04. The summed E-state index contributed by atoms with van der Waals surface area (Å²) < 4.78 is 4.78. The van der Waals surface area contributed by atoms with Gasteiger partial charge in [-0.3, -0.25) is 4.79 Å². The zero-order valence-electron chi connectivity index (χ0n) is 8.17. The standard InChI is InChI=1S/C10H15NO2/c1-3-5-9(6-7-11)8-10(12)13-4-2/h6H,3-5,8H2,1-2H3. The lowest BCUT2D eigenvalue weighted by Crippen LogP contribution is -2.05. The van der Waals surface area contributed by atoms with Crippen molar-refractivity contribution < 1.29 is 9.53 Å². The second kappa shape index (κ2) is 7.35. The number of carbonyl (C=O) groups is 1. The highest BCUT2D eigenvalue weighted by Gasteiger charge is 2.05. The van der Waals surface area contributed by atoms with Crippen molar-refractivity contribution in [3.05, 3.63) is 11.6 Å². The molecule has 0 bridgehead atoms. The lowest BCUT2D eigenvalue weighted by atomic mass is 10.1. The molecule has 0 spiro atoms. The molecule has 13 heavy (non-hydrogen) atoms. The molecule has 0 unspecified atom stereocenters. The second-order valence-electron chi connectivity index (χ2n) is 2.66. The van der Waals surface area contributed by atoms with Gasteiger partial charge in [0.05, 0.1) is 19.1 Å².